The minimum absolute atomic E-state index is 0.101. The summed E-state index contributed by atoms with van der Waals surface area (Å²) in [7, 11) is 1.68. The highest BCUT2D eigenvalue weighted by Crippen LogP contribution is 2.26. The minimum atomic E-state index is -0.454. The topological polar surface area (TPSA) is 137 Å². The van der Waals surface area contributed by atoms with Crippen LogP contribution in [0.1, 0.15) is 34.3 Å². The summed E-state index contributed by atoms with van der Waals surface area (Å²) in [4.78, 5) is 31.2. The maximum atomic E-state index is 13.6. The second-order valence-electron chi connectivity index (χ2n) is 10.9. The number of aliphatic imine (C=N–C) groups is 1. The number of rotatable bonds is 8. The van der Waals surface area contributed by atoms with Crippen LogP contribution in [0, 0.1) is 12.8 Å². The lowest BCUT2D eigenvalue weighted by atomic mass is 9.95. The van der Waals surface area contributed by atoms with E-state index in [0.717, 1.165) is 59.5 Å². The van der Waals surface area contributed by atoms with Crippen LogP contribution in [0.5, 0.6) is 0 Å². The van der Waals surface area contributed by atoms with E-state index in [1.807, 2.05) is 66.4 Å². The average molecular weight is 579 g/mol. The molecular formula is C34H38N6O3. The number of aryl methyl sites for hydroxylation is 1. The number of benzene rings is 2. The molecule has 1 saturated heterocycles. The summed E-state index contributed by atoms with van der Waals surface area (Å²) in [6, 6.07) is 15.2. The number of nitrogens with two attached hydrogens (primary N) is 2. The van der Waals surface area contributed by atoms with E-state index in [4.69, 9.17) is 16.2 Å². The van der Waals surface area contributed by atoms with Gasteiger partial charge in [0, 0.05) is 80.2 Å². The second-order valence-corrected chi connectivity index (χ2v) is 10.9. The van der Waals surface area contributed by atoms with Gasteiger partial charge in [0.25, 0.3) is 5.91 Å². The molecule has 1 amide bonds. The smallest absolute Gasteiger partial charge is 0.261 e. The molecule has 5 rings (SSSR count). The Bertz CT molecular complexity index is 1640. The Morgan fingerprint density at radius 3 is 2.47 bits per heavy atom. The highest BCUT2D eigenvalue weighted by molar-refractivity contribution is 6.04. The Balaban J connectivity index is 1.41. The fourth-order valence-electron chi connectivity index (χ4n) is 5.36. The second kappa shape index (κ2) is 13.5. The van der Waals surface area contributed by atoms with Gasteiger partial charge in [0.2, 0.25) is 5.43 Å². The van der Waals surface area contributed by atoms with Crippen LogP contribution in [0.2, 0.25) is 0 Å². The molecule has 6 N–H and O–H groups in total. The van der Waals surface area contributed by atoms with Crippen LogP contribution in [-0.2, 0) is 11.3 Å². The molecule has 2 aromatic carbocycles. The Hall–Kier alpha value is -4.73. The first-order chi connectivity index (χ1) is 20.9. The first kappa shape index (κ1) is 29.8. The van der Waals surface area contributed by atoms with Crippen LogP contribution in [0.4, 0.5) is 5.69 Å². The van der Waals surface area contributed by atoms with Gasteiger partial charge in [-0.2, -0.15) is 0 Å². The summed E-state index contributed by atoms with van der Waals surface area (Å²) in [5, 5.41) is 6.08. The summed E-state index contributed by atoms with van der Waals surface area (Å²) < 4.78 is 7.50. The summed E-state index contributed by atoms with van der Waals surface area (Å²) in [6.07, 6.45) is 12.0. The van der Waals surface area contributed by atoms with Crippen LogP contribution >= 0.6 is 0 Å². The number of nitrogens with one attached hydrogen (secondary N) is 2. The fourth-order valence-corrected chi connectivity index (χ4v) is 5.36. The van der Waals surface area contributed by atoms with E-state index in [2.05, 4.69) is 15.6 Å². The zero-order valence-electron chi connectivity index (χ0n) is 24.5. The molecule has 0 radical (unpaired) electrons. The van der Waals surface area contributed by atoms with Crippen molar-refractivity contribution in [3.63, 3.8) is 0 Å². The summed E-state index contributed by atoms with van der Waals surface area (Å²) in [5.41, 5.74) is 18.2. The summed E-state index contributed by atoms with van der Waals surface area (Å²) in [5.74, 6) is -0.0361. The molecular weight excluding hydrogens is 540 g/mol. The van der Waals surface area contributed by atoms with E-state index < -0.39 is 12.1 Å². The highest BCUT2D eigenvalue weighted by Gasteiger charge is 2.20. The molecule has 0 spiro atoms. The molecule has 1 aromatic heterocycles. The number of carbonyl (C=O) groups is 1. The number of pyridine rings is 1. The van der Waals surface area contributed by atoms with Gasteiger partial charge in [0.05, 0.1) is 0 Å². The molecule has 2 aliphatic heterocycles. The molecule has 1 atom stereocenters. The number of ether oxygens (including phenoxy) is 1. The van der Waals surface area contributed by atoms with Crippen molar-refractivity contribution in [2.24, 2.45) is 22.4 Å². The molecule has 222 valence electrons. The number of anilines is 1. The van der Waals surface area contributed by atoms with E-state index in [1.54, 1.807) is 31.6 Å². The van der Waals surface area contributed by atoms with Crippen LogP contribution in [-0.4, -0.2) is 43.1 Å². The van der Waals surface area contributed by atoms with E-state index in [1.165, 1.54) is 6.20 Å². The minimum Gasteiger partial charge on any atom is -0.404 e. The number of hydrogen-bond donors (Lipinski definition) is 4. The Kier molecular flexibility index (Phi) is 9.34. The molecule has 1 unspecified atom stereocenters. The predicted molar refractivity (Wildman–Crippen MR) is 173 cm³/mol. The van der Waals surface area contributed by atoms with E-state index >= 15 is 0 Å². The fraction of sp³-hybridized carbons (Fsp3) is 0.265. The molecule has 3 heterocycles. The van der Waals surface area contributed by atoms with Crippen LogP contribution in [0.3, 0.4) is 0 Å². The monoisotopic (exact) mass is 578 g/mol. The van der Waals surface area contributed by atoms with Crippen molar-refractivity contribution in [3.8, 4) is 11.1 Å². The number of carbonyl (C=O) groups excluding carboxylic acids is 1. The van der Waals surface area contributed by atoms with Crippen molar-refractivity contribution in [3.05, 3.63) is 117 Å². The van der Waals surface area contributed by atoms with Gasteiger partial charge in [-0.05, 0) is 60.6 Å². The zero-order valence-corrected chi connectivity index (χ0v) is 24.5. The normalized spacial score (nSPS) is 17.7. The quantitative estimate of drug-likeness (QED) is 0.296. The van der Waals surface area contributed by atoms with Gasteiger partial charge in [0.1, 0.15) is 11.7 Å². The SMILES string of the molecule is CN=CC(=CN)C1=CNC(N)C(c2ccc(NC(=O)c3cn(CC4CCOCC4)cc(-c4ccc(C)cc4)c3=O)cc2)=C1. The van der Waals surface area contributed by atoms with E-state index in [-0.39, 0.29) is 11.0 Å². The number of amides is 1. The van der Waals surface area contributed by atoms with Gasteiger partial charge < -0.3 is 31.4 Å². The molecule has 9 heteroatoms. The lowest BCUT2D eigenvalue weighted by Crippen LogP contribution is -2.37. The molecule has 0 saturated carbocycles. The molecule has 0 aliphatic carbocycles. The van der Waals surface area contributed by atoms with Crippen LogP contribution in [0.15, 0.2) is 100 Å². The largest absolute Gasteiger partial charge is 0.404 e. The van der Waals surface area contributed by atoms with Crippen molar-refractivity contribution in [1.82, 2.24) is 9.88 Å². The highest BCUT2D eigenvalue weighted by atomic mass is 16.5. The van der Waals surface area contributed by atoms with Crippen molar-refractivity contribution >= 4 is 23.4 Å². The Labute approximate surface area is 251 Å². The third kappa shape index (κ3) is 7.02. The Morgan fingerprint density at radius 2 is 1.79 bits per heavy atom. The number of nitrogens with zero attached hydrogens (tertiary/aromatic N) is 2. The molecule has 1 fully saturated rings. The third-order valence-electron chi connectivity index (χ3n) is 7.82. The van der Waals surface area contributed by atoms with Gasteiger partial charge in [-0.3, -0.25) is 14.6 Å². The first-order valence-electron chi connectivity index (χ1n) is 14.4. The van der Waals surface area contributed by atoms with Crippen molar-refractivity contribution in [2.45, 2.75) is 32.5 Å². The third-order valence-corrected chi connectivity index (χ3v) is 7.82. The zero-order chi connectivity index (χ0) is 30.3. The van der Waals surface area contributed by atoms with Crippen LogP contribution < -0.4 is 27.5 Å². The standard InChI is InChI=1S/C34H38N6O3/c1-22-3-5-25(6-4-22)30-20-40(19-23-11-13-43-14-12-23)21-31(32(30)41)34(42)39-28-9-7-24(8-10-28)29-15-26(18-38-33(29)36)27(16-35)17-37-2/h3-10,15-18,20-21,23,33,38H,11-14,19,35-36H2,1-2H3,(H,39,42). The number of dihydropyridines is 1. The summed E-state index contributed by atoms with van der Waals surface area (Å²) >= 11 is 0. The molecule has 0 bridgehead atoms. The first-order valence-corrected chi connectivity index (χ1v) is 14.4. The summed E-state index contributed by atoms with van der Waals surface area (Å²) in [6.45, 7) is 4.17. The van der Waals surface area contributed by atoms with Gasteiger partial charge >= 0.3 is 0 Å². The lowest BCUT2D eigenvalue weighted by molar-refractivity contribution is 0.0612. The van der Waals surface area contributed by atoms with Gasteiger partial charge in [-0.1, -0.05) is 42.0 Å². The van der Waals surface area contributed by atoms with E-state index in [0.29, 0.717) is 23.7 Å². The van der Waals surface area contributed by atoms with Gasteiger partial charge in [0.15, 0.2) is 0 Å². The average Bonchev–Trinajstić information content (AvgIpc) is 3.02. The molecule has 43 heavy (non-hydrogen) atoms. The molecule has 9 nitrogen and oxygen atoms in total. The van der Waals surface area contributed by atoms with E-state index in [9.17, 15) is 9.59 Å². The number of aromatic nitrogens is 1. The maximum absolute atomic E-state index is 13.6. The van der Waals surface area contributed by atoms with Crippen molar-refractivity contribution in [2.75, 3.05) is 25.6 Å². The number of hydrogen-bond acceptors (Lipinski definition) is 7. The van der Waals surface area contributed by atoms with Gasteiger partial charge in [-0.25, -0.2) is 0 Å². The number of allylic oxidation sites excluding steroid dienone is 3. The molecule has 2 aliphatic rings. The lowest BCUT2D eigenvalue weighted by Gasteiger charge is -2.24. The van der Waals surface area contributed by atoms with Crippen LogP contribution in [0.25, 0.3) is 16.7 Å². The van der Waals surface area contributed by atoms with Crippen molar-refractivity contribution < 1.29 is 9.53 Å². The van der Waals surface area contributed by atoms with Gasteiger partial charge in [-0.15, -0.1) is 0 Å². The molecule has 3 aromatic rings. The predicted octanol–water partition coefficient (Wildman–Crippen LogP) is 4.20. The van der Waals surface area contributed by atoms with Crippen molar-refractivity contribution in [1.29, 1.82) is 0 Å². The Morgan fingerprint density at radius 1 is 1.09 bits per heavy atom. The maximum Gasteiger partial charge on any atom is 0.261 e.